The molecule has 1 saturated heterocycles. The summed E-state index contributed by atoms with van der Waals surface area (Å²) in [6.07, 6.45) is -0.482. The molecule has 4 heteroatoms. The van der Waals surface area contributed by atoms with E-state index >= 15 is 0 Å². The zero-order valence-electron chi connectivity index (χ0n) is 5.33. The van der Waals surface area contributed by atoms with Gasteiger partial charge in [-0.05, 0) is 7.05 Å². The van der Waals surface area contributed by atoms with Gasteiger partial charge in [0.1, 0.15) is 6.10 Å². The quantitative estimate of drug-likeness (QED) is 0.502. The molecule has 0 radical (unpaired) electrons. The van der Waals surface area contributed by atoms with Gasteiger partial charge in [0, 0.05) is 0 Å². The Kier molecular flexibility index (Phi) is 2.41. The molecule has 4 nitrogen and oxygen atoms in total. The molecule has 0 aromatic carbocycles. The molecule has 0 aliphatic carbocycles. The molecule has 0 amide bonds. The zero-order valence-corrected chi connectivity index (χ0v) is 5.33. The van der Waals surface area contributed by atoms with E-state index in [1.807, 2.05) is 0 Å². The summed E-state index contributed by atoms with van der Waals surface area (Å²) in [5.74, 6) is 0. The molecule has 1 rings (SSSR count). The number of nitrogens with one attached hydrogen (secondary N) is 1. The molecule has 0 aromatic heterocycles. The standard InChI is InChI=1S/C5H11NO3/c1-6-5-8-3-4(2-7)9-5/h4-7H,2-3H2,1H3. The molecular formula is C5H11NO3. The normalized spacial score (nSPS) is 35.3. The smallest absolute Gasteiger partial charge is 0.216 e. The van der Waals surface area contributed by atoms with Gasteiger partial charge in [0.25, 0.3) is 0 Å². The Bertz CT molecular complexity index is 78.3. The number of aliphatic hydroxyl groups is 1. The lowest BCUT2D eigenvalue weighted by molar-refractivity contribution is -0.0818. The van der Waals surface area contributed by atoms with E-state index in [0.717, 1.165) is 0 Å². The fourth-order valence-electron chi connectivity index (χ4n) is 0.695. The Morgan fingerprint density at radius 3 is 2.89 bits per heavy atom. The molecule has 0 aromatic rings. The first kappa shape index (κ1) is 6.95. The van der Waals surface area contributed by atoms with Crippen molar-refractivity contribution >= 4 is 0 Å². The molecule has 0 bridgehead atoms. The largest absolute Gasteiger partial charge is 0.394 e. The van der Waals surface area contributed by atoms with Crippen LogP contribution in [0.25, 0.3) is 0 Å². The van der Waals surface area contributed by atoms with Crippen LogP contribution in [-0.4, -0.2) is 37.9 Å². The molecule has 54 valence electrons. The van der Waals surface area contributed by atoms with Gasteiger partial charge in [-0.15, -0.1) is 0 Å². The van der Waals surface area contributed by atoms with E-state index in [9.17, 15) is 0 Å². The fraction of sp³-hybridized carbons (Fsp3) is 1.00. The van der Waals surface area contributed by atoms with Crippen molar-refractivity contribution in [1.82, 2.24) is 5.32 Å². The highest BCUT2D eigenvalue weighted by Crippen LogP contribution is 2.06. The third-order valence-electron chi connectivity index (χ3n) is 1.19. The van der Waals surface area contributed by atoms with Gasteiger partial charge in [0.05, 0.1) is 13.2 Å². The van der Waals surface area contributed by atoms with Gasteiger partial charge in [0.15, 0.2) is 0 Å². The topological polar surface area (TPSA) is 50.7 Å². The molecule has 2 N–H and O–H groups in total. The second-order valence-electron chi connectivity index (χ2n) is 1.89. The number of hydrogen-bond acceptors (Lipinski definition) is 4. The van der Waals surface area contributed by atoms with Crippen LogP contribution in [0.1, 0.15) is 0 Å². The Balaban J connectivity index is 2.20. The molecule has 1 aliphatic rings. The van der Waals surface area contributed by atoms with Crippen LogP contribution >= 0.6 is 0 Å². The number of rotatable bonds is 2. The lowest BCUT2D eigenvalue weighted by Crippen LogP contribution is -2.26. The molecular weight excluding hydrogens is 122 g/mol. The lowest BCUT2D eigenvalue weighted by atomic mass is 10.4. The Morgan fingerprint density at radius 1 is 1.78 bits per heavy atom. The van der Waals surface area contributed by atoms with Crippen LogP contribution < -0.4 is 5.32 Å². The van der Waals surface area contributed by atoms with E-state index in [2.05, 4.69) is 5.32 Å². The van der Waals surface area contributed by atoms with Gasteiger partial charge in [-0.1, -0.05) is 0 Å². The van der Waals surface area contributed by atoms with Crippen LogP contribution in [-0.2, 0) is 9.47 Å². The Hall–Kier alpha value is -0.160. The summed E-state index contributed by atoms with van der Waals surface area (Å²) in [5, 5.41) is 11.3. The third kappa shape index (κ3) is 1.62. The van der Waals surface area contributed by atoms with Crippen LogP contribution in [0.4, 0.5) is 0 Å². The third-order valence-corrected chi connectivity index (χ3v) is 1.19. The van der Waals surface area contributed by atoms with Gasteiger partial charge >= 0.3 is 0 Å². The van der Waals surface area contributed by atoms with E-state index in [1.54, 1.807) is 7.05 Å². The summed E-state index contributed by atoms with van der Waals surface area (Å²) < 4.78 is 10.1. The van der Waals surface area contributed by atoms with E-state index < -0.39 is 0 Å². The summed E-state index contributed by atoms with van der Waals surface area (Å²) in [7, 11) is 1.74. The van der Waals surface area contributed by atoms with Crippen molar-refractivity contribution < 1.29 is 14.6 Å². The Morgan fingerprint density at radius 2 is 2.56 bits per heavy atom. The molecule has 2 unspecified atom stereocenters. The molecule has 1 aliphatic heterocycles. The van der Waals surface area contributed by atoms with Crippen LogP contribution in [0.5, 0.6) is 0 Å². The van der Waals surface area contributed by atoms with Crippen molar-refractivity contribution in [3.63, 3.8) is 0 Å². The molecule has 9 heavy (non-hydrogen) atoms. The maximum Gasteiger partial charge on any atom is 0.216 e. The van der Waals surface area contributed by atoms with E-state index in [1.165, 1.54) is 0 Å². The van der Waals surface area contributed by atoms with Gasteiger partial charge < -0.3 is 14.6 Å². The summed E-state index contributed by atoms with van der Waals surface area (Å²) in [6.45, 7) is 0.500. The van der Waals surface area contributed by atoms with E-state index in [4.69, 9.17) is 14.6 Å². The molecule has 1 fully saturated rings. The summed E-state index contributed by atoms with van der Waals surface area (Å²) in [4.78, 5) is 0. The van der Waals surface area contributed by atoms with Gasteiger partial charge in [-0.2, -0.15) is 0 Å². The molecule has 0 spiro atoms. The minimum absolute atomic E-state index is 0.0260. The molecule has 0 saturated carbocycles. The van der Waals surface area contributed by atoms with Crippen molar-refractivity contribution in [1.29, 1.82) is 0 Å². The zero-order chi connectivity index (χ0) is 6.69. The van der Waals surface area contributed by atoms with Crippen molar-refractivity contribution in [3.05, 3.63) is 0 Å². The van der Waals surface area contributed by atoms with Crippen molar-refractivity contribution in [2.75, 3.05) is 20.3 Å². The highest BCUT2D eigenvalue weighted by molar-refractivity contribution is 4.60. The van der Waals surface area contributed by atoms with Crippen LogP contribution in [0.2, 0.25) is 0 Å². The monoisotopic (exact) mass is 133 g/mol. The van der Waals surface area contributed by atoms with Gasteiger partial charge in [-0.3, -0.25) is 5.32 Å². The molecule has 1 heterocycles. The van der Waals surface area contributed by atoms with Gasteiger partial charge in [-0.25, -0.2) is 0 Å². The summed E-state index contributed by atoms with van der Waals surface area (Å²) >= 11 is 0. The summed E-state index contributed by atoms with van der Waals surface area (Å²) in [6, 6.07) is 0. The second kappa shape index (κ2) is 3.12. The van der Waals surface area contributed by atoms with Gasteiger partial charge in [0.2, 0.25) is 6.41 Å². The van der Waals surface area contributed by atoms with Crippen molar-refractivity contribution in [3.8, 4) is 0 Å². The first-order valence-electron chi connectivity index (χ1n) is 2.92. The second-order valence-corrected chi connectivity index (χ2v) is 1.89. The maximum atomic E-state index is 8.55. The predicted molar refractivity (Wildman–Crippen MR) is 30.8 cm³/mol. The number of ether oxygens (including phenoxy) is 2. The van der Waals surface area contributed by atoms with Crippen molar-refractivity contribution in [2.24, 2.45) is 0 Å². The lowest BCUT2D eigenvalue weighted by Gasteiger charge is -2.06. The SMILES string of the molecule is CNC1OCC(CO)O1. The fourth-order valence-corrected chi connectivity index (χ4v) is 0.695. The first-order valence-corrected chi connectivity index (χ1v) is 2.92. The van der Waals surface area contributed by atoms with Crippen molar-refractivity contribution in [2.45, 2.75) is 12.5 Å². The first-order chi connectivity index (χ1) is 4.36. The van der Waals surface area contributed by atoms with Crippen LogP contribution in [0, 0.1) is 0 Å². The maximum absolute atomic E-state index is 8.55. The van der Waals surface area contributed by atoms with E-state index in [-0.39, 0.29) is 19.1 Å². The highest BCUT2D eigenvalue weighted by Gasteiger charge is 2.23. The Labute approximate surface area is 53.8 Å². The summed E-state index contributed by atoms with van der Waals surface area (Å²) in [5.41, 5.74) is 0. The minimum Gasteiger partial charge on any atom is -0.394 e. The van der Waals surface area contributed by atoms with E-state index in [0.29, 0.717) is 6.61 Å². The number of hydrogen-bond donors (Lipinski definition) is 2. The van der Waals surface area contributed by atoms with Crippen LogP contribution in [0.3, 0.4) is 0 Å². The average Bonchev–Trinajstić information content (AvgIpc) is 2.34. The van der Waals surface area contributed by atoms with Crippen LogP contribution in [0.15, 0.2) is 0 Å². The number of aliphatic hydroxyl groups excluding tert-OH is 1. The minimum atomic E-state index is -0.331. The molecule has 2 atom stereocenters. The highest BCUT2D eigenvalue weighted by atomic mass is 16.7. The average molecular weight is 133 g/mol. The predicted octanol–water partition coefficient (Wildman–Crippen LogP) is -1.10.